The van der Waals surface area contributed by atoms with Gasteiger partial charge in [0.05, 0.1) is 33.7 Å². The molecule has 0 radical (unpaired) electrons. The first-order chi connectivity index (χ1) is 11.7. The summed E-state index contributed by atoms with van der Waals surface area (Å²) in [5.41, 5.74) is 4.88. The number of benzene rings is 2. The fraction of sp³-hybridized carbons (Fsp3) is 0.176. The van der Waals surface area contributed by atoms with E-state index in [1.54, 1.807) is 24.7 Å². The number of ether oxygens (including phenoxy) is 2. The normalized spacial score (nSPS) is 11.1. The van der Waals surface area contributed by atoms with Crippen LogP contribution in [0.1, 0.15) is 12.5 Å². The zero-order chi connectivity index (χ0) is 16.9. The zero-order valence-electron chi connectivity index (χ0n) is 13.2. The van der Waals surface area contributed by atoms with Crippen LogP contribution in [0.25, 0.3) is 10.2 Å². The molecule has 3 rings (SSSR count). The smallest absolute Gasteiger partial charge is 0.204 e. The number of halogens is 1. The number of nitrogens with one attached hydrogen (secondary N) is 1. The predicted molar refractivity (Wildman–Crippen MR) is 108 cm³/mol. The summed E-state index contributed by atoms with van der Waals surface area (Å²) in [6.07, 6.45) is 1.74. The monoisotopic (exact) mass is 453 g/mol. The van der Waals surface area contributed by atoms with Gasteiger partial charge >= 0.3 is 0 Å². The van der Waals surface area contributed by atoms with E-state index in [9.17, 15) is 0 Å². The number of nitrogens with zero attached hydrogens (tertiary/aromatic N) is 2. The number of fused-ring (bicyclic) bond motifs is 1. The number of hydrogen-bond donors (Lipinski definition) is 1. The van der Waals surface area contributed by atoms with Crippen molar-refractivity contribution in [3.8, 4) is 11.5 Å². The molecule has 24 heavy (non-hydrogen) atoms. The van der Waals surface area contributed by atoms with Gasteiger partial charge in [0, 0.05) is 0 Å². The molecule has 1 heterocycles. The Balaban J connectivity index is 1.77. The van der Waals surface area contributed by atoms with Crippen molar-refractivity contribution in [2.45, 2.75) is 6.92 Å². The highest BCUT2D eigenvalue weighted by Gasteiger charge is 2.10. The predicted octanol–water partition coefficient (Wildman–Crippen LogP) is 4.75. The minimum absolute atomic E-state index is 0.596. The second-order valence-corrected chi connectivity index (χ2v) is 7.02. The fourth-order valence-electron chi connectivity index (χ4n) is 2.18. The fourth-order valence-corrected chi connectivity index (χ4v) is 3.78. The molecular weight excluding hydrogens is 437 g/mol. The summed E-state index contributed by atoms with van der Waals surface area (Å²) in [4.78, 5) is 4.48. The average Bonchev–Trinajstić information content (AvgIpc) is 2.99. The molecule has 0 amide bonds. The molecule has 5 nitrogen and oxygen atoms in total. The Morgan fingerprint density at radius 3 is 2.92 bits per heavy atom. The third-order valence-corrected chi connectivity index (χ3v) is 4.95. The average molecular weight is 453 g/mol. The first-order valence-corrected chi connectivity index (χ1v) is 9.25. The van der Waals surface area contributed by atoms with Gasteiger partial charge in [0.1, 0.15) is 0 Å². The van der Waals surface area contributed by atoms with Gasteiger partial charge in [-0.05, 0) is 59.3 Å². The van der Waals surface area contributed by atoms with E-state index in [0.29, 0.717) is 12.4 Å². The summed E-state index contributed by atoms with van der Waals surface area (Å²) in [5, 5.41) is 5.04. The van der Waals surface area contributed by atoms with E-state index in [0.717, 1.165) is 30.2 Å². The highest BCUT2D eigenvalue weighted by molar-refractivity contribution is 14.1. The minimum Gasteiger partial charge on any atom is -0.493 e. The Morgan fingerprint density at radius 2 is 2.17 bits per heavy atom. The van der Waals surface area contributed by atoms with Crippen LogP contribution < -0.4 is 14.9 Å². The quantitative estimate of drug-likeness (QED) is 0.333. The van der Waals surface area contributed by atoms with Gasteiger partial charge in [-0.15, -0.1) is 0 Å². The van der Waals surface area contributed by atoms with Crippen LogP contribution in [0, 0.1) is 3.57 Å². The number of hydrazone groups is 1. The summed E-state index contributed by atoms with van der Waals surface area (Å²) in [7, 11) is 1.63. The Morgan fingerprint density at radius 1 is 1.33 bits per heavy atom. The molecule has 0 unspecified atom stereocenters. The molecule has 7 heteroatoms. The van der Waals surface area contributed by atoms with E-state index < -0.39 is 0 Å². The standard InChI is InChI=1S/C17H16IN3O2S/c1-3-23-16-12(18)8-11(9-14(16)22-2)10-19-21-17-20-13-6-4-5-7-15(13)24-17/h4-10H,3H2,1-2H3,(H,20,21). The van der Waals surface area contributed by atoms with Gasteiger partial charge in [0.2, 0.25) is 5.13 Å². The second kappa shape index (κ2) is 7.80. The van der Waals surface area contributed by atoms with Crippen molar-refractivity contribution in [3.05, 3.63) is 45.5 Å². The maximum Gasteiger partial charge on any atom is 0.204 e. The first kappa shape index (κ1) is 17.0. The van der Waals surface area contributed by atoms with Gasteiger partial charge in [0.25, 0.3) is 0 Å². The highest BCUT2D eigenvalue weighted by atomic mass is 127. The summed E-state index contributed by atoms with van der Waals surface area (Å²) in [6, 6.07) is 11.9. The van der Waals surface area contributed by atoms with Gasteiger partial charge in [-0.1, -0.05) is 23.5 Å². The van der Waals surface area contributed by atoms with Gasteiger partial charge in [-0.25, -0.2) is 4.98 Å². The van der Waals surface area contributed by atoms with Crippen LogP contribution in [-0.4, -0.2) is 24.9 Å². The highest BCUT2D eigenvalue weighted by Crippen LogP contribution is 2.33. The Bertz CT molecular complexity index is 846. The Labute approximate surface area is 157 Å². The molecule has 0 aliphatic carbocycles. The third kappa shape index (κ3) is 3.78. The largest absolute Gasteiger partial charge is 0.493 e. The molecule has 3 aromatic rings. The number of para-hydroxylation sites is 1. The molecule has 0 fully saturated rings. The lowest BCUT2D eigenvalue weighted by molar-refractivity contribution is 0.308. The SMILES string of the molecule is CCOc1c(I)cc(C=NNc2nc3ccccc3s2)cc1OC. The van der Waals surface area contributed by atoms with Gasteiger partial charge in [-0.2, -0.15) is 5.10 Å². The zero-order valence-corrected chi connectivity index (χ0v) is 16.2. The van der Waals surface area contributed by atoms with E-state index in [1.807, 2.05) is 43.3 Å². The lowest BCUT2D eigenvalue weighted by Gasteiger charge is -2.11. The van der Waals surface area contributed by atoms with E-state index in [1.165, 1.54) is 0 Å². The third-order valence-electron chi connectivity index (χ3n) is 3.21. The van der Waals surface area contributed by atoms with Gasteiger partial charge < -0.3 is 9.47 Å². The molecule has 0 aliphatic rings. The molecule has 1 aromatic heterocycles. The number of thiazole rings is 1. The van der Waals surface area contributed by atoms with E-state index >= 15 is 0 Å². The van der Waals surface area contributed by atoms with Gasteiger partial charge in [0.15, 0.2) is 11.5 Å². The maximum absolute atomic E-state index is 5.62. The van der Waals surface area contributed by atoms with Crippen LogP contribution in [0.15, 0.2) is 41.5 Å². The van der Waals surface area contributed by atoms with Crippen LogP contribution in [0.3, 0.4) is 0 Å². The maximum atomic E-state index is 5.62. The molecule has 0 atom stereocenters. The van der Waals surface area contributed by atoms with Crippen molar-refractivity contribution in [2.75, 3.05) is 19.1 Å². The Hall–Kier alpha value is -1.87. The molecule has 0 spiro atoms. The van der Waals surface area contributed by atoms with E-state index in [4.69, 9.17) is 9.47 Å². The van der Waals surface area contributed by atoms with Crippen molar-refractivity contribution < 1.29 is 9.47 Å². The second-order valence-electron chi connectivity index (χ2n) is 4.82. The van der Waals surface area contributed by atoms with Crippen molar-refractivity contribution in [3.63, 3.8) is 0 Å². The molecular formula is C17H16IN3O2S. The number of aromatic nitrogens is 1. The van der Waals surface area contributed by atoms with Gasteiger partial charge in [-0.3, -0.25) is 5.43 Å². The van der Waals surface area contributed by atoms with Crippen molar-refractivity contribution in [1.29, 1.82) is 0 Å². The van der Waals surface area contributed by atoms with E-state index in [-0.39, 0.29) is 0 Å². The summed E-state index contributed by atoms with van der Waals surface area (Å²) >= 11 is 3.80. The van der Waals surface area contributed by atoms with Crippen LogP contribution in [0.2, 0.25) is 0 Å². The van der Waals surface area contributed by atoms with Crippen LogP contribution in [-0.2, 0) is 0 Å². The summed E-state index contributed by atoms with van der Waals surface area (Å²) in [6.45, 7) is 2.55. The molecule has 1 N–H and O–H groups in total. The summed E-state index contributed by atoms with van der Waals surface area (Å²) < 4.78 is 13.1. The molecule has 2 aromatic carbocycles. The molecule has 0 saturated carbocycles. The number of methoxy groups -OCH3 is 1. The van der Waals surface area contributed by atoms with Crippen LogP contribution in [0.5, 0.6) is 11.5 Å². The molecule has 0 saturated heterocycles. The van der Waals surface area contributed by atoms with E-state index in [2.05, 4.69) is 38.1 Å². The lowest BCUT2D eigenvalue weighted by atomic mass is 10.2. The molecule has 0 bridgehead atoms. The summed E-state index contributed by atoms with van der Waals surface area (Å²) in [5.74, 6) is 1.46. The Kier molecular flexibility index (Phi) is 5.52. The van der Waals surface area contributed by atoms with Crippen LogP contribution >= 0.6 is 33.9 Å². The number of anilines is 1. The van der Waals surface area contributed by atoms with Crippen molar-refractivity contribution >= 4 is 55.5 Å². The van der Waals surface area contributed by atoms with Crippen molar-refractivity contribution in [2.24, 2.45) is 5.10 Å². The topological polar surface area (TPSA) is 55.7 Å². The molecule has 124 valence electrons. The van der Waals surface area contributed by atoms with Crippen molar-refractivity contribution in [1.82, 2.24) is 4.98 Å². The van der Waals surface area contributed by atoms with Crippen LogP contribution in [0.4, 0.5) is 5.13 Å². The minimum atomic E-state index is 0.596. The number of rotatable bonds is 6. The number of hydrogen-bond acceptors (Lipinski definition) is 6. The lowest BCUT2D eigenvalue weighted by Crippen LogP contribution is -1.99. The molecule has 0 aliphatic heterocycles. The first-order valence-electron chi connectivity index (χ1n) is 7.36.